The van der Waals surface area contributed by atoms with Gasteiger partial charge in [-0.05, 0) is 76.2 Å². The summed E-state index contributed by atoms with van der Waals surface area (Å²) in [5.41, 5.74) is 3.21. The normalized spacial score (nSPS) is 15.1. The van der Waals surface area contributed by atoms with Crippen molar-refractivity contribution in [3.8, 4) is 11.5 Å². The average Bonchev–Trinajstić information content (AvgIpc) is 3.44. The lowest BCUT2D eigenvalue weighted by Crippen LogP contribution is -2.33. The van der Waals surface area contributed by atoms with Crippen molar-refractivity contribution in [2.75, 3.05) is 26.2 Å². The van der Waals surface area contributed by atoms with Crippen molar-refractivity contribution in [1.82, 2.24) is 15.2 Å². The summed E-state index contributed by atoms with van der Waals surface area (Å²) in [6.07, 6.45) is 2.50. The molecule has 3 aromatic rings. The van der Waals surface area contributed by atoms with Crippen molar-refractivity contribution in [3.05, 3.63) is 71.1 Å². The number of nitrogens with one attached hydrogen (secondary N) is 1. The first-order chi connectivity index (χ1) is 15.5. The number of likely N-dealkylation sites (tertiary alicyclic amines) is 1. The van der Waals surface area contributed by atoms with Crippen molar-refractivity contribution in [2.45, 2.75) is 37.3 Å². The number of hydrogen-bond donors (Lipinski definition) is 1. The highest BCUT2D eigenvalue weighted by Crippen LogP contribution is 2.24. The lowest BCUT2D eigenvalue weighted by molar-refractivity contribution is 0.0949. The first-order valence-electron chi connectivity index (χ1n) is 11.0. The van der Waals surface area contributed by atoms with E-state index in [1.807, 2.05) is 50.2 Å². The molecule has 0 spiro atoms. The second kappa shape index (κ2) is 10.2. The van der Waals surface area contributed by atoms with Crippen molar-refractivity contribution in [3.63, 3.8) is 0 Å². The summed E-state index contributed by atoms with van der Waals surface area (Å²) in [7, 11) is -1.19. The molecule has 1 unspecified atom stereocenters. The molecular formula is C25H29N3O3S. The monoisotopic (exact) mass is 451 g/mol. The van der Waals surface area contributed by atoms with Gasteiger partial charge in [-0.15, -0.1) is 0 Å². The van der Waals surface area contributed by atoms with Gasteiger partial charge in [0.15, 0.2) is 0 Å². The molecule has 168 valence electrons. The van der Waals surface area contributed by atoms with Crippen LogP contribution in [0.5, 0.6) is 0 Å². The number of benzene rings is 2. The Kier molecular flexibility index (Phi) is 7.17. The largest absolute Gasteiger partial charge is 0.441 e. The molecule has 32 heavy (non-hydrogen) atoms. The second-order valence-electron chi connectivity index (χ2n) is 8.21. The van der Waals surface area contributed by atoms with Crippen LogP contribution in [0.1, 0.15) is 40.2 Å². The molecule has 0 radical (unpaired) electrons. The average molecular weight is 452 g/mol. The molecule has 0 aliphatic carbocycles. The first kappa shape index (κ1) is 22.4. The first-order valence-corrected chi connectivity index (χ1v) is 12.3. The van der Waals surface area contributed by atoms with Gasteiger partial charge in [0.05, 0.1) is 22.2 Å². The van der Waals surface area contributed by atoms with Crippen molar-refractivity contribution in [2.24, 2.45) is 0 Å². The van der Waals surface area contributed by atoms with Gasteiger partial charge in [-0.3, -0.25) is 9.00 Å². The van der Waals surface area contributed by atoms with E-state index in [4.69, 9.17) is 4.42 Å². The number of rotatable bonds is 8. The molecule has 2 heterocycles. The maximum Gasteiger partial charge on any atom is 0.251 e. The van der Waals surface area contributed by atoms with Gasteiger partial charge in [-0.25, -0.2) is 4.98 Å². The van der Waals surface area contributed by atoms with Crippen LogP contribution < -0.4 is 5.32 Å². The minimum absolute atomic E-state index is 0.0754. The van der Waals surface area contributed by atoms with Crippen LogP contribution in [-0.4, -0.2) is 46.2 Å². The van der Waals surface area contributed by atoms with E-state index in [-0.39, 0.29) is 5.91 Å². The van der Waals surface area contributed by atoms with Crippen molar-refractivity contribution in [1.29, 1.82) is 0 Å². The van der Waals surface area contributed by atoms with Gasteiger partial charge in [-0.2, -0.15) is 0 Å². The summed E-state index contributed by atoms with van der Waals surface area (Å²) in [6.45, 7) is 7.64. The van der Waals surface area contributed by atoms with Gasteiger partial charge < -0.3 is 14.6 Å². The SMILES string of the molecule is Cc1ccc(S(=O)Cc2nc(-c3ccc(C(=O)NCCN4CCCC4)cc3)oc2C)cc1. The van der Waals surface area contributed by atoms with Crippen LogP contribution in [0, 0.1) is 13.8 Å². The van der Waals surface area contributed by atoms with E-state index in [1.54, 1.807) is 12.1 Å². The fourth-order valence-corrected chi connectivity index (χ4v) is 4.91. The van der Waals surface area contributed by atoms with E-state index in [9.17, 15) is 9.00 Å². The highest BCUT2D eigenvalue weighted by atomic mass is 32.2. The molecule has 1 atom stereocenters. The molecule has 1 N–H and O–H groups in total. The maximum absolute atomic E-state index is 12.7. The number of aryl methyl sites for hydroxylation is 2. The Morgan fingerprint density at radius 1 is 1.06 bits per heavy atom. The summed E-state index contributed by atoms with van der Waals surface area (Å²) in [5.74, 6) is 1.35. The summed E-state index contributed by atoms with van der Waals surface area (Å²) in [4.78, 5) is 20.1. The molecular weight excluding hydrogens is 422 g/mol. The van der Waals surface area contributed by atoms with Gasteiger partial charge in [0.1, 0.15) is 5.76 Å². The maximum atomic E-state index is 12.7. The van der Waals surface area contributed by atoms with E-state index in [2.05, 4.69) is 15.2 Å². The lowest BCUT2D eigenvalue weighted by atomic mass is 10.1. The molecule has 2 aromatic carbocycles. The Labute approximate surface area is 191 Å². The van der Waals surface area contributed by atoms with Crippen LogP contribution in [0.4, 0.5) is 0 Å². The van der Waals surface area contributed by atoms with Crippen molar-refractivity contribution >= 4 is 16.7 Å². The lowest BCUT2D eigenvalue weighted by Gasteiger charge is -2.14. The number of carbonyl (C=O) groups excluding carboxylic acids is 1. The molecule has 1 aliphatic rings. The van der Waals surface area contributed by atoms with Crippen LogP contribution in [-0.2, 0) is 16.6 Å². The zero-order chi connectivity index (χ0) is 22.5. The zero-order valence-corrected chi connectivity index (χ0v) is 19.4. The van der Waals surface area contributed by atoms with Crippen LogP contribution in [0.2, 0.25) is 0 Å². The summed E-state index contributed by atoms with van der Waals surface area (Å²) < 4.78 is 18.5. The molecule has 1 amide bonds. The van der Waals surface area contributed by atoms with Crippen molar-refractivity contribution < 1.29 is 13.4 Å². The predicted octanol–water partition coefficient (Wildman–Crippen LogP) is 4.09. The molecule has 7 heteroatoms. The molecule has 1 saturated heterocycles. The topological polar surface area (TPSA) is 75.4 Å². The summed E-state index contributed by atoms with van der Waals surface area (Å²) in [6, 6.07) is 14.9. The molecule has 0 bridgehead atoms. The number of nitrogens with zero attached hydrogens (tertiary/aromatic N) is 2. The molecule has 1 fully saturated rings. The standard InChI is InChI=1S/C25H29N3O3S/c1-18-5-11-22(12-6-18)32(30)17-23-19(2)31-25(27-23)21-9-7-20(8-10-21)24(29)26-13-16-28-14-3-4-15-28/h5-12H,3-4,13-17H2,1-2H3,(H,26,29). The Morgan fingerprint density at radius 2 is 1.75 bits per heavy atom. The Morgan fingerprint density at radius 3 is 2.44 bits per heavy atom. The van der Waals surface area contributed by atoms with Gasteiger partial charge in [0.25, 0.3) is 5.91 Å². The van der Waals surface area contributed by atoms with Crippen LogP contribution in [0.3, 0.4) is 0 Å². The number of carbonyl (C=O) groups is 1. The summed E-state index contributed by atoms with van der Waals surface area (Å²) in [5, 5.41) is 2.99. The third kappa shape index (κ3) is 5.53. The van der Waals surface area contributed by atoms with E-state index >= 15 is 0 Å². The quantitative estimate of drug-likeness (QED) is 0.558. The fraction of sp³-hybridized carbons (Fsp3) is 0.360. The Hall–Kier alpha value is -2.77. The zero-order valence-electron chi connectivity index (χ0n) is 18.6. The smallest absolute Gasteiger partial charge is 0.251 e. The van der Waals surface area contributed by atoms with E-state index in [1.165, 1.54) is 12.8 Å². The second-order valence-corrected chi connectivity index (χ2v) is 9.66. The number of hydrogen-bond acceptors (Lipinski definition) is 5. The van der Waals surface area contributed by atoms with Crippen LogP contribution in [0.15, 0.2) is 57.8 Å². The number of amides is 1. The fourth-order valence-electron chi connectivity index (χ4n) is 3.78. The highest BCUT2D eigenvalue weighted by molar-refractivity contribution is 7.84. The molecule has 1 aliphatic heterocycles. The molecule has 4 rings (SSSR count). The number of aromatic nitrogens is 1. The minimum Gasteiger partial charge on any atom is -0.441 e. The minimum atomic E-state index is -1.19. The molecule has 0 saturated carbocycles. The van der Waals surface area contributed by atoms with Gasteiger partial charge in [0.2, 0.25) is 5.89 Å². The van der Waals surface area contributed by atoms with E-state index < -0.39 is 10.8 Å². The summed E-state index contributed by atoms with van der Waals surface area (Å²) >= 11 is 0. The molecule has 1 aromatic heterocycles. The number of oxazole rings is 1. The van der Waals surface area contributed by atoms with E-state index in [0.29, 0.717) is 35.2 Å². The van der Waals surface area contributed by atoms with Gasteiger partial charge >= 0.3 is 0 Å². The van der Waals surface area contributed by atoms with Gasteiger partial charge in [-0.1, -0.05) is 17.7 Å². The molecule has 6 nitrogen and oxygen atoms in total. The third-order valence-electron chi connectivity index (χ3n) is 5.75. The van der Waals surface area contributed by atoms with E-state index in [0.717, 1.165) is 35.7 Å². The Balaban J connectivity index is 1.37. The predicted molar refractivity (Wildman–Crippen MR) is 126 cm³/mol. The van der Waals surface area contributed by atoms with Crippen LogP contribution in [0.25, 0.3) is 11.5 Å². The third-order valence-corrected chi connectivity index (χ3v) is 7.08. The van der Waals surface area contributed by atoms with Crippen LogP contribution >= 0.6 is 0 Å². The van der Waals surface area contributed by atoms with Gasteiger partial charge in [0, 0.05) is 29.1 Å². The Bertz CT molecular complexity index is 1080. The highest BCUT2D eigenvalue weighted by Gasteiger charge is 2.16.